The second-order valence-electron chi connectivity index (χ2n) is 15.3. The Morgan fingerprint density at radius 2 is 1.48 bits per heavy atom. The van der Waals surface area contributed by atoms with Crippen LogP contribution in [0.15, 0.2) is 84.2 Å². The molecule has 0 spiro atoms. The normalized spacial score (nSPS) is 14.8. The molecule has 320 valence electrons. The summed E-state index contributed by atoms with van der Waals surface area (Å²) in [5, 5.41) is 16.2. The molecule has 12 nitrogen and oxygen atoms in total. The van der Waals surface area contributed by atoms with E-state index >= 15 is 0 Å². The Balaban J connectivity index is 1.29. The van der Waals surface area contributed by atoms with Crippen LogP contribution >= 0.6 is 11.3 Å². The van der Waals surface area contributed by atoms with Crippen molar-refractivity contribution in [2.75, 3.05) is 13.7 Å². The van der Waals surface area contributed by atoms with Gasteiger partial charge in [0.2, 0.25) is 5.91 Å². The number of ether oxygens (including phenoxy) is 2. The number of carbonyl (C=O) groups excluding carboxylic acids is 4. The Labute approximate surface area is 350 Å². The van der Waals surface area contributed by atoms with Crippen LogP contribution in [0.1, 0.15) is 91.2 Å². The number of aliphatic carboxylic acids is 1. The maximum Gasteiger partial charge on any atom is 0.407 e. The highest BCUT2D eigenvalue weighted by Crippen LogP contribution is 2.44. The average Bonchev–Trinajstić information content (AvgIpc) is 3.81. The van der Waals surface area contributed by atoms with E-state index in [0.29, 0.717) is 6.42 Å². The number of likely N-dealkylation sites (N-methyl/N-ethyl adjacent to an activating group) is 1. The minimum Gasteiger partial charge on any atom is -0.481 e. The molecule has 1 aromatic heterocycles. The van der Waals surface area contributed by atoms with Crippen molar-refractivity contribution >= 4 is 41.2 Å². The third-order valence-corrected chi connectivity index (χ3v) is 11.4. The standard InChI is InChI=1S/C44H49F3N4O8S/c1-25(2)37(21-38(59-27(4)52)40-49-36(24-60-40)39(53)48-29(19-26(3)42(55)56)20-28-13-7-6-8-14-28)51(5)41(54)35(22-44(45,46)47)50-43(57)58-23-34-32-17-11-9-15-30(32)31-16-10-12-18-33(31)34/h6-18,24-26,29,34-35,37-38H,19-23H2,1-5H3,(H,48,53)(H,50,57)(H,55,56)/t26-,29-,35-,37-,38+/m0/s1. The maximum atomic E-state index is 13.9. The Kier molecular flexibility index (Phi) is 15.1. The summed E-state index contributed by atoms with van der Waals surface area (Å²) in [4.78, 5) is 70.1. The molecule has 0 unspecified atom stereocenters. The molecule has 16 heteroatoms. The lowest BCUT2D eigenvalue weighted by atomic mass is 9.95. The Bertz CT molecular complexity index is 2100. The molecule has 0 saturated heterocycles. The molecule has 0 saturated carbocycles. The lowest BCUT2D eigenvalue weighted by molar-refractivity contribution is -0.156. The molecule has 3 aromatic carbocycles. The van der Waals surface area contributed by atoms with Crippen molar-refractivity contribution < 1.29 is 51.7 Å². The van der Waals surface area contributed by atoms with Crippen LogP contribution in [0.3, 0.4) is 0 Å². The molecule has 3 amide bonds. The van der Waals surface area contributed by atoms with E-state index in [-0.39, 0.29) is 36.1 Å². The van der Waals surface area contributed by atoms with Gasteiger partial charge in [0.05, 0.1) is 12.3 Å². The summed E-state index contributed by atoms with van der Waals surface area (Å²) in [7, 11) is 1.31. The average molecular weight is 851 g/mol. The minimum absolute atomic E-state index is 0.0174. The van der Waals surface area contributed by atoms with Crippen LogP contribution in [-0.2, 0) is 30.3 Å². The lowest BCUT2D eigenvalue weighted by Gasteiger charge is -2.35. The summed E-state index contributed by atoms with van der Waals surface area (Å²) >= 11 is 1.01. The number of fused-ring (bicyclic) bond motifs is 3. The summed E-state index contributed by atoms with van der Waals surface area (Å²) in [6, 6.07) is 21.0. The second-order valence-corrected chi connectivity index (χ2v) is 16.2. The molecule has 1 heterocycles. The summed E-state index contributed by atoms with van der Waals surface area (Å²) in [5.74, 6) is -4.84. The number of nitrogens with zero attached hydrogens (tertiary/aromatic N) is 2. The van der Waals surface area contributed by atoms with Crippen molar-refractivity contribution in [2.45, 2.75) is 89.7 Å². The molecular formula is C44H49F3N4O8S. The fraction of sp³-hybridized carbons (Fsp3) is 0.409. The largest absolute Gasteiger partial charge is 0.481 e. The van der Waals surface area contributed by atoms with E-state index in [1.54, 1.807) is 20.8 Å². The molecule has 3 N–H and O–H groups in total. The van der Waals surface area contributed by atoms with Crippen molar-refractivity contribution in [3.63, 3.8) is 0 Å². The highest BCUT2D eigenvalue weighted by Gasteiger charge is 2.41. The lowest BCUT2D eigenvalue weighted by Crippen LogP contribution is -2.53. The van der Waals surface area contributed by atoms with E-state index in [9.17, 15) is 42.3 Å². The van der Waals surface area contributed by atoms with Gasteiger partial charge in [0.15, 0.2) is 6.10 Å². The van der Waals surface area contributed by atoms with Crippen molar-refractivity contribution in [1.29, 1.82) is 0 Å². The summed E-state index contributed by atoms with van der Waals surface area (Å²) in [6.07, 6.45) is -8.41. The topological polar surface area (TPSA) is 164 Å². The van der Waals surface area contributed by atoms with Crippen molar-refractivity contribution in [1.82, 2.24) is 20.5 Å². The summed E-state index contributed by atoms with van der Waals surface area (Å²) < 4.78 is 52.9. The van der Waals surface area contributed by atoms with Gasteiger partial charge in [-0.1, -0.05) is 99.6 Å². The predicted octanol–water partition coefficient (Wildman–Crippen LogP) is 7.93. The number of aromatic nitrogens is 1. The van der Waals surface area contributed by atoms with Crippen molar-refractivity contribution in [3.8, 4) is 11.1 Å². The Morgan fingerprint density at radius 1 is 0.883 bits per heavy atom. The van der Waals surface area contributed by atoms with Gasteiger partial charge in [-0.3, -0.25) is 19.2 Å². The van der Waals surface area contributed by atoms with Crippen molar-refractivity contribution in [2.24, 2.45) is 11.8 Å². The molecule has 5 atom stereocenters. The van der Waals surface area contributed by atoms with E-state index in [2.05, 4.69) is 15.6 Å². The van der Waals surface area contributed by atoms with E-state index in [1.807, 2.05) is 78.9 Å². The Morgan fingerprint density at radius 3 is 2.05 bits per heavy atom. The fourth-order valence-electron chi connectivity index (χ4n) is 7.54. The van der Waals surface area contributed by atoms with Gasteiger partial charge in [0.25, 0.3) is 5.91 Å². The van der Waals surface area contributed by atoms with Gasteiger partial charge in [-0.25, -0.2) is 9.78 Å². The van der Waals surface area contributed by atoms with E-state index in [1.165, 1.54) is 19.4 Å². The first kappa shape index (κ1) is 45.3. The molecule has 0 bridgehead atoms. The molecule has 0 radical (unpaired) electrons. The molecule has 0 aliphatic heterocycles. The number of carbonyl (C=O) groups is 5. The first-order valence-electron chi connectivity index (χ1n) is 19.6. The number of alkyl halides is 3. The number of benzene rings is 3. The zero-order valence-electron chi connectivity index (χ0n) is 33.9. The molecule has 4 aromatic rings. The predicted molar refractivity (Wildman–Crippen MR) is 218 cm³/mol. The van der Waals surface area contributed by atoms with Crippen LogP contribution in [0.25, 0.3) is 11.1 Å². The number of amides is 3. The van der Waals surface area contributed by atoms with Gasteiger partial charge in [0, 0.05) is 43.8 Å². The van der Waals surface area contributed by atoms with Gasteiger partial charge in [-0.05, 0) is 46.6 Å². The Hall–Kier alpha value is -5.77. The van der Waals surface area contributed by atoms with Crippen LogP contribution in [0.4, 0.5) is 18.0 Å². The quantitative estimate of drug-likeness (QED) is 0.0844. The number of halogens is 3. The number of hydrogen-bond acceptors (Lipinski definition) is 9. The number of alkyl carbamates (subject to hydrolysis) is 1. The van der Waals surface area contributed by atoms with Gasteiger partial charge >= 0.3 is 24.2 Å². The van der Waals surface area contributed by atoms with Gasteiger partial charge in [0.1, 0.15) is 23.4 Å². The van der Waals surface area contributed by atoms with E-state index in [4.69, 9.17) is 9.47 Å². The molecule has 5 rings (SSSR count). The summed E-state index contributed by atoms with van der Waals surface area (Å²) in [6.45, 7) is 6.02. The minimum atomic E-state index is -4.84. The second kappa shape index (κ2) is 20.0. The van der Waals surface area contributed by atoms with Crippen LogP contribution in [0.2, 0.25) is 0 Å². The molecule has 1 aliphatic carbocycles. The summed E-state index contributed by atoms with van der Waals surface area (Å²) in [5.41, 5.74) is 4.61. The molecule has 1 aliphatic rings. The highest BCUT2D eigenvalue weighted by molar-refractivity contribution is 7.09. The third-order valence-electron chi connectivity index (χ3n) is 10.5. The molecular weight excluding hydrogens is 802 g/mol. The van der Waals surface area contributed by atoms with E-state index < -0.39 is 78.5 Å². The molecule has 0 fully saturated rings. The number of esters is 1. The number of thiazole rings is 1. The SMILES string of the molecule is CC(=O)O[C@H](C[C@@H](C(C)C)N(C)C(=O)[C@H](CC(F)(F)F)NC(=O)OCC1c2ccccc2-c2ccccc21)c1nc(C(=O)N[C@H](Cc2ccccc2)C[C@H](C)C(=O)O)cs1. The van der Waals surface area contributed by atoms with Gasteiger partial charge in [-0.2, -0.15) is 13.2 Å². The van der Waals surface area contributed by atoms with Crippen molar-refractivity contribution in [3.05, 3.63) is 112 Å². The zero-order chi connectivity index (χ0) is 43.7. The number of hydrogen-bond donors (Lipinski definition) is 3. The highest BCUT2D eigenvalue weighted by atomic mass is 32.1. The fourth-order valence-corrected chi connectivity index (χ4v) is 8.38. The monoisotopic (exact) mass is 850 g/mol. The number of carboxylic acid groups (broad SMARTS) is 1. The van der Waals surface area contributed by atoms with Crippen LogP contribution < -0.4 is 10.6 Å². The third kappa shape index (κ3) is 11.9. The zero-order valence-corrected chi connectivity index (χ0v) is 34.7. The number of nitrogens with one attached hydrogen (secondary N) is 2. The smallest absolute Gasteiger partial charge is 0.407 e. The van der Waals surface area contributed by atoms with E-state index in [0.717, 1.165) is 44.1 Å². The number of rotatable bonds is 18. The number of carboxylic acids is 1. The van der Waals surface area contributed by atoms with Gasteiger partial charge < -0.3 is 30.1 Å². The molecule has 60 heavy (non-hydrogen) atoms. The van der Waals surface area contributed by atoms with Gasteiger partial charge in [-0.15, -0.1) is 11.3 Å². The first-order valence-corrected chi connectivity index (χ1v) is 20.4. The van der Waals surface area contributed by atoms with Crippen LogP contribution in [-0.4, -0.2) is 82.8 Å². The first-order chi connectivity index (χ1) is 28.4. The maximum absolute atomic E-state index is 13.9. The van der Waals surface area contributed by atoms with Crippen LogP contribution in [0.5, 0.6) is 0 Å². The van der Waals surface area contributed by atoms with Crippen LogP contribution in [0, 0.1) is 11.8 Å².